The Hall–Kier alpha value is -2.75. The van der Waals surface area contributed by atoms with E-state index in [1.54, 1.807) is 7.11 Å². The van der Waals surface area contributed by atoms with E-state index in [1.165, 1.54) is 0 Å². The van der Waals surface area contributed by atoms with Gasteiger partial charge in [0, 0.05) is 17.3 Å². The van der Waals surface area contributed by atoms with Crippen LogP contribution in [0.2, 0.25) is 0 Å². The lowest BCUT2D eigenvalue weighted by Gasteiger charge is -2.10. The van der Waals surface area contributed by atoms with Crippen molar-refractivity contribution in [1.82, 2.24) is 4.57 Å². The minimum atomic E-state index is -0.817. The number of carboxylic acid groups (broad SMARTS) is 1. The summed E-state index contributed by atoms with van der Waals surface area (Å²) >= 11 is 0. The van der Waals surface area contributed by atoms with Crippen LogP contribution in [0, 0.1) is 0 Å². The number of fused-ring (bicyclic) bond motifs is 1. The van der Waals surface area contributed by atoms with E-state index in [1.807, 2.05) is 54.7 Å². The number of nitrogens with zero attached hydrogens (tertiary/aromatic N) is 1. The van der Waals surface area contributed by atoms with E-state index in [2.05, 4.69) is 4.57 Å². The number of hydrogen-bond acceptors (Lipinski definition) is 2. The Labute approximate surface area is 128 Å². The van der Waals surface area contributed by atoms with E-state index in [0.717, 1.165) is 27.8 Å². The van der Waals surface area contributed by atoms with Gasteiger partial charge in [0.1, 0.15) is 5.75 Å². The number of carbonyl (C=O) groups is 1. The monoisotopic (exact) mass is 295 g/mol. The highest BCUT2D eigenvalue weighted by Gasteiger charge is 2.08. The lowest BCUT2D eigenvalue weighted by molar-refractivity contribution is -0.136. The Morgan fingerprint density at radius 1 is 1.18 bits per heavy atom. The maximum Gasteiger partial charge on any atom is 0.307 e. The third-order valence-corrected chi connectivity index (χ3v) is 3.73. The van der Waals surface area contributed by atoms with Crippen molar-refractivity contribution in [3.8, 4) is 5.75 Å². The molecule has 0 aliphatic heterocycles. The Morgan fingerprint density at radius 3 is 2.77 bits per heavy atom. The first kappa shape index (κ1) is 14.2. The highest BCUT2D eigenvalue weighted by molar-refractivity contribution is 5.82. The number of methoxy groups -OCH3 is 1. The first-order valence-corrected chi connectivity index (χ1v) is 7.09. The largest absolute Gasteiger partial charge is 0.496 e. The first-order valence-electron chi connectivity index (χ1n) is 7.09. The summed E-state index contributed by atoms with van der Waals surface area (Å²) in [7, 11) is 1.66. The van der Waals surface area contributed by atoms with Gasteiger partial charge in [-0.15, -0.1) is 0 Å². The number of para-hydroxylation sites is 1. The molecular formula is C18H17NO3. The van der Waals surface area contributed by atoms with Gasteiger partial charge in [-0.05, 0) is 29.1 Å². The second kappa shape index (κ2) is 5.93. The van der Waals surface area contributed by atoms with Crippen LogP contribution < -0.4 is 4.74 Å². The normalized spacial score (nSPS) is 10.8. The quantitative estimate of drug-likeness (QED) is 0.785. The van der Waals surface area contributed by atoms with Crippen LogP contribution in [-0.4, -0.2) is 22.8 Å². The molecular weight excluding hydrogens is 278 g/mol. The summed E-state index contributed by atoms with van der Waals surface area (Å²) in [4.78, 5) is 10.9. The summed E-state index contributed by atoms with van der Waals surface area (Å²) in [6, 6.07) is 15.7. The number of hydrogen-bond donors (Lipinski definition) is 1. The summed E-state index contributed by atoms with van der Waals surface area (Å²) < 4.78 is 7.50. The number of rotatable bonds is 5. The zero-order chi connectivity index (χ0) is 15.5. The topological polar surface area (TPSA) is 51.5 Å². The molecule has 0 atom stereocenters. The van der Waals surface area contributed by atoms with Gasteiger partial charge in [0.25, 0.3) is 0 Å². The van der Waals surface area contributed by atoms with Crippen molar-refractivity contribution in [2.75, 3.05) is 7.11 Å². The molecule has 0 saturated carbocycles. The standard InChI is InChI=1S/C18H17NO3/c1-22-17-5-3-2-4-15(17)12-19-9-8-14-7-6-13(10-16(14)19)11-18(20)21/h2-10H,11-12H2,1H3,(H,20,21). The Morgan fingerprint density at radius 2 is 2.00 bits per heavy atom. The highest BCUT2D eigenvalue weighted by atomic mass is 16.5. The number of aromatic nitrogens is 1. The van der Waals surface area contributed by atoms with Crippen molar-refractivity contribution < 1.29 is 14.6 Å². The smallest absolute Gasteiger partial charge is 0.307 e. The van der Waals surface area contributed by atoms with Gasteiger partial charge < -0.3 is 14.4 Å². The molecule has 0 amide bonds. The maximum atomic E-state index is 10.9. The van der Waals surface area contributed by atoms with Gasteiger partial charge in [-0.3, -0.25) is 4.79 Å². The minimum absolute atomic E-state index is 0.0375. The van der Waals surface area contributed by atoms with E-state index in [-0.39, 0.29) is 6.42 Å². The lowest BCUT2D eigenvalue weighted by Crippen LogP contribution is -2.02. The Kier molecular flexibility index (Phi) is 3.83. The van der Waals surface area contributed by atoms with Crippen molar-refractivity contribution in [3.63, 3.8) is 0 Å². The van der Waals surface area contributed by atoms with E-state index in [0.29, 0.717) is 6.54 Å². The second-order valence-electron chi connectivity index (χ2n) is 5.22. The molecule has 0 saturated heterocycles. The van der Waals surface area contributed by atoms with Crippen LogP contribution >= 0.6 is 0 Å². The van der Waals surface area contributed by atoms with Gasteiger partial charge in [-0.25, -0.2) is 0 Å². The molecule has 1 aromatic heterocycles. The zero-order valence-corrected chi connectivity index (χ0v) is 12.3. The van der Waals surface area contributed by atoms with Gasteiger partial charge in [0.15, 0.2) is 0 Å². The molecule has 0 bridgehead atoms. The molecule has 0 fully saturated rings. The molecule has 0 radical (unpaired) electrons. The van der Waals surface area contributed by atoms with Gasteiger partial charge in [0.05, 0.1) is 20.1 Å². The average Bonchev–Trinajstić information content (AvgIpc) is 2.90. The summed E-state index contributed by atoms with van der Waals surface area (Å²) in [5.41, 5.74) is 2.93. The molecule has 22 heavy (non-hydrogen) atoms. The molecule has 0 aliphatic carbocycles. The van der Waals surface area contributed by atoms with Gasteiger partial charge >= 0.3 is 5.97 Å². The predicted molar refractivity (Wildman–Crippen MR) is 85.4 cm³/mol. The summed E-state index contributed by atoms with van der Waals surface area (Å²) in [6.45, 7) is 0.685. The Bertz CT molecular complexity index is 820. The average molecular weight is 295 g/mol. The molecule has 0 aliphatic rings. The van der Waals surface area contributed by atoms with Crippen LogP contribution in [0.4, 0.5) is 0 Å². The number of ether oxygens (including phenoxy) is 1. The maximum absolute atomic E-state index is 10.9. The predicted octanol–water partition coefficient (Wildman–Crippen LogP) is 3.33. The van der Waals surface area contributed by atoms with E-state index >= 15 is 0 Å². The van der Waals surface area contributed by atoms with Crippen molar-refractivity contribution in [3.05, 3.63) is 65.9 Å². The van der Waals surface area contributed by atoms with Crippen LogP contribution in [0.5, 0.6) is 5.75 Å². The molecule has 0 unspecified atom stereocenters. The molecule has 3 rings (SSSR count). The third kappa shape index (κ3) is 2.81. The third-order valence-electron chi connectivity index (χ3n) is 3.73. The molecule has 2 aromatic carbocycles. The molecule has 4 nitrogen and oxygen atoms in total. The van der Waals surface area contributed by atoms with E-state index in [4.69, 9.17) is 9.84 Å². The van der Waals surface area contributed by atoms with Gasteiger partial charge in [0.2, 0.25) is 0 Å². The molecule has 3 aromatic rings. The molecule has 0 spiro atoms. The molecule has 112 valence electrons. The SMILES string of the molecule is COc1ccccc1Cn1ccc2ccc(CC(=O)O)cc21. The van der Waals surface area contributed by atoms with Crippen molar-refractivity contribution in [2.45, 2.75) is 13.0 Å². The molecule has 4 heteroatoms. The van der Waals surface area contributed by atoms with E-state index in [9.17, 15) is 4.79 Å². The van der Waals surface area contributed by atoms with Crippen LogP contribution in [0.1, 0.15) is 11.1 Å². The summed E-state index contributed by atoms with van der Waals surface area (Å²) in [5.74, 6) is 0.0354. The number of carboxylic acids is 1. The van der Waals surface area contributed by atoms with Crippen molar-refractivity contribution in [2.24, 2.45) is 0 Å². The highest BCUT2D eigenvalue weighted by Crippen LogP contribution is 2.23. The second-order valence-corrected chi connectivity index (χ2v) is 5.22. The van der Waals surface area contributed by atoms with Crippen molar-refractivity contribution >= 4 is 16.9 Å². The fourth-order valence-corrected chi connectivity index (χ4v) is 2.67. The molecule has 1 heterocycles. The minimum Gasteiger partial charge on any atom is -0.496 e. The van der Waals surface area contributed by atoms with Gasteiger partial charge in [-0.1, -0.05) is 30.3 Å². The zero-order valence-electron chi connectivity index (χ0n) is 12.3. The van der Waals surface area contributed by atoms with Crippen LogP contribution in [0.25, 0.3) is 10.9 Å². The van der Waals surface area contributed by atoms with Crippen LogP contribution in [0.3, 0.4) is 0 Å². The van der Waals surface area contributed by atoms with Crippen LogP contribution in [-0.2, 0) is 17.8 Å². The molecule has 1 N–H and O–H groups in total. The van der Waals surface area contributed by atoms with E-state index < -0.39 is 5.97 Å². The first-order chi connectivity index (χ1) is 10.7. The number of benzene rings is 2. The Balaban J connectivity index is 1.98. The number of aliphatic carboxylic acids is 1. The summed E-state index contributed by atoms with van der Waals surface area (Å²) in [5, 5.41) is 10.0. The fraction of sp³-hybridized carbons (Fsp3) is 0.167. The van der Waals surface area contributed by atoms with Crippen molar-refractivity contribution in [1.29, 1.82) is 0 Å². The van der Waals surface area contributed by atoms with Crippen LogP contribution in [0.15, 0.2) is 54.7 Å². The summed E-state index contributed by atoms with van der Waals surface area (Å²) in [6.07, 6.45) is 2.05. The lowest BCUT2D eigenvalue weighted by atomic mass is 10.1. The van der Waals surface area contributed by atoms with Gasteiger partial charge in [-0.2, -0.15) is 0 Å². The fourth-order valence-electron chi connectivity index (χ4n) is 2.67.